The average Bonchev–Trinajstić information content (AvgIpc) is 2.42. The molecule has 0 spiro atoms. The minimum absolute atomic E-state index is 0.252. The largest absolute Gasteiger partial charge is 0.479 e. The number of benzene rings is 1. The van der Waals surface area contributed by atoms with Gasteiger partial charge in [0.05, 0.1) is 0 Å². The number of aliphatic carboxylic acids is 1. The number of rotatable bonds is 4. The summed E-state index contributed by atoms with van der Waals surface area (Å²) in [5.74, 6) is -0.659. The van der Waals surface area contributed by atoms with Crippen molar-refractivity contribution in [2.24, 2.45) is 0 Å². The number of anilines is 1. The molecule has 2 aromatic rings. The van der Waals surface area contributed by atoms with E-state index in [0.717, 1.165) is 0 Å². The number of carbonyl (C=O) groups is 1. The first kappa shape index (κ1) is 13.3. The zero-order valence-electron chi connectivity index (χ0n) is 10.2. The molecule has 2 rings (SSSR count). The first-order chi connectivity index (χ1) is 9.02. The summed E-state index contributed by atoms with van der Waals surface area (Å²) in [5, 5.41) is 20.1. The molecule has 0 saturated carbocycles. The highest BCUT2D eigenvalue weighted by Crippen LogP contribution is 2.25. The molecule has 0 aliphatic carbocycles. The van der Waals surface area contributed by atoms with Gasteiger partial charge in [0.1, 0.15) is 5.82 Å². The van der Waals surface area contributed by atoms with E-state index in [4.69, 9.17) is 11.6 Å². The number of halogens is 1. The maximum Gasteiger partial charge on any atom is 0.333 e. The Hall–Kier alpha value is -2.14. The lowest BCUT2D eigenvalue weighted by atomic mass is 9.92. The fourth-order valence-electron chi connectivity index (χ4n) is 1.66. The third-order valence-corrected chi connectivity index (χ3v) is 2.99. The highest BCUT2D eigenvalue weighted by atomic mass is 35.5. The normalized spacial score (nSPS) is 13.6. The number of aromatic nitrogens is 2. The smallest absolute Gasteiger partial charge is 0.333 e. The predicted molar refractivity (Wildman–Crippen MR) is 72.1 cm³/mol. The predicted octanol–water partition coefficient (Wildman–Crippen LogP) is 2.54. The van der Waals surface area contributed by atoms with Crippen LogP contribution in [0.25, 0.3) is 0 Å². The van der Waals surface area contributed by atoms with Crippen molar-refractivity contribution in [2.45, 2.75) is 12.5 Å². The van der Waals surface area contributed by atoms with Gasteiger partial charge in [0, 0.05) is 0 Å². The molecule has 1 aromatic carbocycles. The Bertz CT molecular complexity index is 574. The van der Waals surface area contributed by atoms with E-state index in [2.05, 4.69) is 15.5 Å². The Morgan fingerprint density at radius 2 is 1.89 bits per heavy atom. The summed E-state index contributed by atoms with van der Waals surface area (Å²) >= 11 is 5.64. The molecule has 0 saturated heterocycles. The lowest BCUT2D eigenvalue weighted by Crippen LogP contribution is -2.40. The summed E-state index contributed by atoms with van der Waals surface area (Å²) in [7, 11) is 0. The minimum atomic E-state index is -1.29. The van der Waals surface area contributed by atoms with Crippen LogP contribution in [-0.2, 0) is 10.3 Å². The van der Waals surface area contributed by atoms with Crippen molar-refractivity contribution < 1.29 is 9.90 Å². The molecule has 6 heteroatoms. The SMILES string of the molecule is CC(Nc1ccc(Cl)nn1)(C(=O)O)c1ccccc1. The molecule has 1 atom stereocenters. The molecule has 0 radical (unpaired) electrons. The standard InChI is InChI=1S/C13H12ClN3O2/c1-13(12(18)19,9-5-3-2-4-6-9)15-11-8-7-10(14)16-17-11/h2-8H,1H3,(H,15,17)(H,18,19). The number of hydrogen-bond donors (Lipinski definition) is 2. The highest BCUT2D eigenvalue weighted by Gasteiger charge is 2.35. The highest BCUT2D eigenvalue weighted by molar-refractivity contribution is 6.29. The Morgan fingerprint density at radius 1 is 1.21 bits per heavy atom. The van der Waals surface area contributed by atoms with Gasteiger partial charge < -0.3 is 10.4 Å². The molecule has 0 bridgehead atoms. The van der Waals surface area contributed by atoms with E-state index < -0.39 is 11.5 Å². The number of nitrogens with one attached hydrogen (secondary N) is 1. The summed E-state index contributed by atoms with van der Waals surface area (Å²) in [6, 6.07) is 12.0. The topological polar surface area (TPSA) is 75.1 Å². The third-order valence-electron chi connectivity index (χ3n) is 2.79. The second kappa shape index (κ2) is 5.24. The van der Waals surface area contributed by atoms with Gasteiger partial charge in [-0.1, -0.05) is 41.9 Å². The van der Waals surface area contributed by atoms with E-state index in [9.17, 15) is 9.90 Å². The average molecular weight is 278 g/mol. The molecule has 1 heterocycles. The quantitative estimate of drug-likeness (QED) is 0.898. The van der Waals surface area contributed by atoms with Crippen molar-refractivity contribution in [1.29, 1.82) is 0 Å². The molecule has 0 aliphatic heterocycles. The number of nitrogens with zero attached hydrogens (tertiary/aromatic N) is 2. The zero-order chi connectivity index (χ0) is 13.9. The summed E-state index contributed by atoms with van der Waals surface area (Å²) in [5.41, 5.74) is -0.664. The number of carboxylic acids is 1. The van der Waals surface area contributed by atoms with Crippen LogP contribution in [0.2, 0.25) is 5.15 Å². The first-order valence-corrected chi connectivity index (χ1v) is 5.96. The summed E-state index contributed by atoms with van der Waals surface area (Å²) in [6.45, 7) is 1.57. The second-order valence-corrected chi connectivity index (χ2v) is 4.55. The molecule has 19 heavy (non-hydrogen) atoms. The number of carboxylic acid groups (broad SMARTS) is 1. The van der Waals surface area contributed by atoms with Crippen molar-refractivity contribution in [3.05, 3.63) is 53.2 Å². The molecule has 1 unspecified atom stereocenters. The van der Waals surface area contributed by atoms with E-state index >= 15 is 0 Å². The molecule has 2 N–H and O–H groups in total. The Labute approximate surface area is 115 Å². The molecule has 0 aliphatic rings. The van der Waals surface area contributed by atoms with E-state index in [-0.39, 0.29) is 5.15 Å². The summed E-state index contributed by atoms with van der Waals surface area (Å²) in [4.78, 5) is 11.6. The lowest BCUT2D eigenvalue weighted by Gasteiger charge is -2.27. The lowest BCUT2D eigenvalue weighted by molar-refractivity contribution is -0.142. The molecule has 98 valence electrons. The van der Waals surface area contributed by atoms with Crippen LogP contribution in [0.3, 0.4) is 0 Å². The van der Waals surface area contributed by atoms with Crippen LogP contribution in [0.1, 0.15) is 12.5 Å². The maximum atomic E-state index is 11.6. The zero-order valence-corrected chi connectivity index (χ0v) is 10.9. The molecular formula is C13H12ClN3O2. The van der Waals surface area contributed by atoms with Crippen LogP contribution in [0.15, 0.2) is 42.5 Å². The van der Waals surface area contributed by atoms with Crippen molar-refractivity contribution in [2.75, 3.05) is 5.32 Å². The fraction of sp³-hybridized carbons (Fsp3) is 0.154. The molecule has 5 nitrogen and oxygen atoms in total. The summed E-state index contributed by atoms with van der Waals surface area (Å²) in [6.07, 6.45) is 0. The van der Waals surface area contributed by atoms with Gasteiger partial charge in [-0.25, -0.2) is 4.79 Å². The van der Waals surface area contributed by atoms with E-state index in [0.29, 0.717) is 11.4 Å². The van der Waals surface area contributed by atoms with Gasteiger partial charge in [-0.2, -0.15) is 0 Å². The fourth-order valence-corrected chi connectivity index (χ4v) is 1.76. The van der Waals surface area contributed by atoms with Crippen molar-refractivity contribution in [3.63, 3.8) is 0 Å². The maximum absolute atomic E-state index is 11.6. The van der Waals surface area contributed by atoms with E-state index in [1.54, 1.807) is 43.3 Å². The van der Waals surface area contributed by atoms with Crippen LogP contribution in [0, 0.1) is 0 Å². The van der Waals surface area contributed by atoms with E-state index in [1.165, 1.54) is 0 Å². The van der Waals surface area contributed by atoms with Crippen molar-refractivity contribution >= 4 is 23.4 Å². The monoisotopic (exact) mass is 277 g/mol. The van der Waals surface area contributed by atoms with Gasteiger partial charge >= 0.3 is 5.97 Å². The van der Waals surface area contributed by atoms with Crippen molar-refractivity contribution in [1.82, 2.24) is 10.2 Å². The Kier molecular flexibility index (Phi) is 3.66. The molecular weight excluding hydrogens is 266 g/mol. The first-order valence-electron chi connectivity index (χ1n) is 5.59. The van der Waals surface area contributed by atoms with Gasteiger partial charge in [0.15, 0.2) is 10.7 Å². The minimum Gasteiger partial charge on any atom is -0.479 e. The van der Waals surface area contributed by atoms with E-state index in [1.807, 2.05) is 6.07 Å². The molecule has 0 fully saturated rings. The molecule has 1 aromatic heterocycles. The van der Waals surface area contributed by atoms with Crippen LogP contribution < -0.4 is 5.32 Å². The van der Waals surface area contributed by atoms with Crippen LogP contribution in [0.5, 0.6) is 0 Å². The van der Waals surface area contributed by atoms with Crippen LogP contribution in [-0.4, -0.2) is 21.3 Å². The Balaban J connectivity index is 2.36. The second-order valence-electron chi connectivity index (χ2n) is 4.16. The summed E-state index contributed by atoms with van der Waals surface area (Å²) < 4.78 is 0. The van der Waals surface area contributed by atoms with Gasteiger partial charge in [-0.3, -0.25) is 0 Å². The van der Waals surface area contributed by atoms with Gasteiger partial charge in [-0.15, -0.1) is 10.2 Å². The van der Waals surface area contributed by atoms with Crippen molar-refractivity contribution in [3.8, 4) is 0 Å². The van der Waals surface area contributed by atoms with Crippen LogP contribution >= 0.6 is 11.6 Å². The number of hydrogen-bond acceptors (Lipinski definition) is 4. The Morgan fingerprint density at radius 3 is 2.42 bits per heavy atom. The third kappa shape index (κ3) is 2.82. The molecule has 0 amide bonds. The van der Waals surface area contributed by atoms with Crippen LogP contribution in [0.4, 0.5) is 5.82 Å². The van der Waals surface area contributed by atoms with Gasteiger partial charge in [-0.05, 0) is 24.6 Å². The van der Waals surface area contributed by atoms with Gasteiger partial charge in [0.25, 0.3) is 0 Å². The van der Waals surface area contributed by atoms with Gasteiger partial charge in [0.2, 0.25) is 0 Å².